The molecular weight excluding hydrogens is 752 g/mol. The summed E-state index contributed by atoms with van der Waals surface area (Å²) in [6, 6.07) is 19.4. The minimum Gasteiger partial charge on any atom is -0.487 e. The highest BCUT2D eigenvalue weighted by Crippen LogP contribution is 2.31. The second-order valence-electron chi connectivity index (χ2n) is 6.57. The van der Waals surface area contributed by atoms with Crippen LogP contribution < -0.4 is 4.74 Å². The molecule has 31 heavy (non-hydrogen) atoms. The Morgan fingerprint density at radius 2 is 1.52 bits per heavy atom. The molecule has 0 fully saturated rings. The summed E-state index contributed by atoms with van der Waals surface area (Å²) >= 11 is 11.3. The molecule has 1 heterocycles. The molecule has 0 aliphatic carbocycles. The van der Waals surface area contributed by atoms with Gasteiger partial charge in [0.05, 0.1) is 7.14 Å². The van der Waals surface area contributed by atoms with Crippen LogP contribution in [0.4, 0.5) is 0 Å². The average molecular weight is 765 g/mol. The molecule has 0 atom stereocenters. The third-order valence-electron chi connectivity index (χ3n) is 4.33. The molecule has 0 radical (unpaired) electrons. The first-order valence-corrected chi connectivity index (χ1v) is 12.8. The Morgan fingerprint density at radius 1 is 0.935 bits per heavy atom. The van der Waals surface area contributed by atoms with Gasteiger partial charge in [0.2, 0.25) is 5.90 Å². The topological polar surface area (TPSA) is 47.9 Å². The Balaban J connectivity index is 1.54. The van der Waals surface area contributed by atoms with Gasteiger partial charge in [0, 0.05) is 14.5 Å². The van der Waals surface area contributed by atoms with Crippen LogP contribution in [0.25, 0.3) is 6.08 Å². The fourth-order valence-corrected chi connectivity index (χ4v) is 5.48. The first-order valence-electron chi connectivity index (χ1n) is 9.04. The first-order chi connectivity index (χ1) is 14.9. The van der Waals surface area contributed by atoms with Crippen molar-refractivity contribution in [2.24, 2.45) is 4.99 Å². The van der Waals surface area contributed by atoms with Crippen molar-refractivity contribution in [3.8, 4) is 5.75 Å². The van der Waals surface area contributed by atoms with Crippen molar-refractivity contribution in [1.29, 1.82) is 0 Å². The van der Waals surface area contributed by atoms with E-state index in [1.54, 1.807) is 6.08 Å². The zero-order valence-corrected chi connectivity index (χ0v) is 23.2. The Hall–Kier alpha value is -1.24. The van der Waals surface area contributed by atoms with Gasteiger partial charge in [0.25, 0.3) is 0 Å². The average Bonchev–Trinajstić information content (AvgIpc) is 3.09. The van der Waals surface area contributed by atoms with Gasteiger partial charge in [-0.3, -0.25) is 0 Å². The second-order valence-corrected chi connectivity index (χ2v) is 10.7. The number of hydrogen-bond donors (Lipinski definition) is 0. The smallest absolute Gasteiger partial charge is 0.363 e. The standard InChI is InChI=1S/C23H13Br2I2NO3/c24-16-5-1-13(2-6-16)12-30-21-18(26)9-14(10-19(21)27)11-20-23(29)31-22(28-20)15-3-7-17(25)8-4-15/h1-11H,12H2/b20-11-. The van der Waals surface area contributed by atoms with E-state index in [2.05, 4.69) is 82.0 Å². The highest BCUT2D eigenvalue weighted by molar-refractivity contribution is 14.1. The van der Waals surface area contributed by atoms with Crippen LogP contribution in [0.2, 0.25) is 0 Å². The van der Waals surface area contributed by atoms with Crippen molar-refractivity contribution in [3.63, 3.8) is 0 Å². The molecule has 1 aliphatic rings. The Morgan fingerprint density at radius 3 is 2.13 bits per heavy atom. The maximum absolute atomic E-state index is 12.3. The summed E-state index contributed by atoms with van der Waals surface area (Å²) < 4.78 is 15.3. The molecule has 8 heteroatoms. The van der Waals surface area contributed by atoms with Gasteiger partial charge < -0.3 is 9.47 Å². The summed E-state index contributed by atoms with van der Waals surface area (Å²) in [6.45, 7) is 0.479. The molecular formula is C23H13Br2I2NO3. The zero-order chi connectivity index (χ0) is 22.0. The number of benzene rings is 3. The van der Waals surface area contributed by atoms with Crippen LogP contribution in [0.5, 0.6) is 5.75 Å². The number of halogens is 4. The number of aliphatic imine (C=N–C) groups is 1. The maximum atomic E-state index is 12.3. The van der Waals surface area contributed by atoms with Gasteiger partial charge in [-0.1, -0.05) is 44.0 Å². The molecule has 0 saturated heterocycles. The van der Waals surface area contributed by atoms with Crippen LogP contribution in [0.15, 0.2) is 80.3 Å². The fraction of sp³-hybridized carbons (Fsp3) is 0.0435. The largest absolute Gasteiger partial charge is 0.487 e. The van der Waals surface area contributed by atoms with E-state index < -0.39 is 5.97 Å². The van der Waals surface area contributed by atoms with Crippen LogP contribution >= 0.6 is 77.0 Å². The van der Waals surface area contributed by atoms with E-state index in [1.165, 1.54) is 0 Å². The van der Waals surface area contributed by atoms with Crippen LogP contribution in [-0.4, -0.2) is 11.9 Å². The monoisotopic (exact) mass is 763 g/mol. The number of cyclic esters (lactones) is 1. The molecule has 3 aromatic carbocycles. The number of rotatable bonds is 5. The van der Waals surface area contributed by atoms with E-state index in [0.29, 0.717) is 12.5 Å². The molecule has 1 aliphatic heterocycles. The number of nitrogens with zero attached hydrogens (tertiary/aromatic N) is 1. The quantitative estimate of drug-likeness (QED) is 0.155. The summed E-state index contributed by atoms with van der Waals surface area (Å²) in [5, 5.41) is 0. The number of hydrogen-bond acceptors (Lipinski definition) is 4. The lowest BCUT2D eigenvalue weighted by atomic mass is 10.2. The van der Waals surface area contributed by atoms with Crippen LogP contribution in [-0.2, 0) is 16.1 Å². The van der Waals surface area contributed by atoms with Crippen molar-refractivity contribution in [2.75, 3.05) is 0 Å². The minimum atomic E-state index is -0.460. The molecule has 4 rings (SSSR count). The number of ether oxygens (including phenoxy) is 2. The first kappa shape index (κ1) is 22.9. The minimum absolute atomic E-state index is 0.271. The molecule has 0 amide bonds. The van der Waals surface area contributed by atoms with E-state index >= 15 is 0 Å². The Labute approximate surface area is 223 Å². The lowest BCUT2D eigenvalue weighted by molar-refractivity contribution is -0.129. The van der Waals surface area contributed by atoms with Crippen molar-refractivity contribution < 1.29 is 14.3 Å². The molecule has 0 aromatic heterocycles. The Kier molecular flexibility index (Phi) is 7.50. The highest BCUT2D eigenvalue weighted by Gasteiger charge is 2.24. The lowest BCUT2D eigenvalue weighted by Gasteiger charge is -2.11. The van der Waals surface area contributed by atoms with Gasteiger partial charge in [-0.2, -0.15) is 0 Å². The van der Waals surface area contributed by atoms with Crippen molar-refractivity contribution in [3.05, 3.63) is 99.1 Å². The summed E-state index contributed by atoms with van der Waals surface area (Å²) in [4.78, 5) is 16.7. The lowest BCUT2D eigenvalue weighted by Crippen LogP contribution is -2.05. The summed E-state index contributed by atoms with van der Waals surface area (Å²) in [7, 11) is 0. The third kappa shape index (κ3) is 5.77. The van der Waals surface area contributed by atoms with Crippen LogP contribution in [0, 0.1) is 7.14 Å². The molecule has 156 valence electrons. The Bertz CT molecular complexity index is 1180. The van der Waals surface area contributed by atoms with Gasteiger partial charge in [0.15, 0.2) is 5.70 Å². The van der Waals surface area contributed by atoms with E-state index in [9.17, 15) is 4.79 Å². The SMILES string of the molecule is O=C1OC(c2ccc(Br)cc2)=N/C1=C\c1cc(I)c(OCc2ccc(Br)cc2)c(I)c1. The van der Waals surface area contributed by atoms with Crippen LogP contribution in [0.1, 0.15) is 16.7 Å². The predicted octanol–water partition coefficient (Wildman–Crippen LogP) is 7.34. The van der Waals surface area contributed by atoms with Gasteiger partial charge >= 0.3 is 5.97 Å². The van der Waals surface area contributed by atoms with Crippen molar-refractivity contribution in [2.45, 2.75) is 6.61 Å². The molecule has 4 nitrogen and oxygen atoms in total. The zero-order valence-electron chi connectivity index (χ0n) is 15.7. The molecule has 0 unspecified atom stereocenters. The second kappa shape index (κ2) is 10.1. The van der Waals surface area contributed by atoms with Gasteiger partial charge in [-0.15, -0.1) is 0 Å². The molecule has 0 spiro atoms. The van der Waals surface area contributed by atoms with Crippen LogP contribution in [0.3, 0.4) is 0 Å². The maximum Gasteiger partial charge on any atom is 0.363 e. The molecule has 3 aromatic rings. The normalized spacial score (nSPS) is 14.5. The number of esters is 1. The molecule has 0 N–H and O–H groups in total. The molecule has 0 saturated carbocycles. The van der Waals surface area contributed by atoms with E-state index in [-0.39, 0.29) is 5.70 Å². The van der Waals surface area contributed by atoms with Crippen molar-refractivity contribution >= 4 is 95.0 Å². The summed E-state index contributed by atoms with van der Waals surface area (Å²) in [5.41, 5.74) is 2.97. The molecule has 0 bridgehead atoms. The van der Waals surface area contributed by atoms with E-state index in [0.717, 1.165) is 38.5 Å². The van der Waals surface area contributed by atoms with E-state index in [4.69, 9.17) is 9.47 Å². The van der Waals surface area contributed by atoms with Crippen molar-refractivity contribution in [1.82, 2.24) is 0 Å². The highest BCUT2D eigenvalue weighted by atomic mass is 127. The summed E-state index contributed by atoms with van der Waals surface area (Å²) in [5.74, 6) is 0.667. The van der Waals surface area contributed by atoms with E-state index in [1.807, 2.05) is 60.7 Å². The van der Waals surface area contributed by atoms with Gasteiger partial charge in [0.1, 0.15) is 12.4 Å². The summed E-state index contributed by atoms with van der Waals surface area (Å²) in [6.07, 6.45) is 1.73. The predicted molar refractivity (Wildman–Crippen MR) is 145 cm³/mol. The third-order valence-corrected chi connectivity index (χ3v) is 6.99. The number of carbonyl (C=O) groups is 1. The van der Waals surface area contributed by atoms with Gasteiger partial charge in [-0.25, -0.2) is 9.79 Å². The number of carbonyl (C=O) groups excluding carboxylic acids is 1. The van der Waals surface area contributed by atoms with Gasteiger partial charge in [-0.05, 0) is 111 Å². The fourth-order valence-electron chi connectivity index (χ4n) is 2.82.